The van der Waals surface area contributed by atoms with Crippen molar-refractivity contribution in [2.75, 3.05) is 5.75 Å². The number of urea groups is 1. The summed E-state index contributed by atoms with van der Waals surface area (Å²) in [6.07, 6.45) is 0.875. The molecular weight excluding hydrogens is 320 g/mol. The number of nitrogens with one attached hydrogen (secondary N) is 2. The van der Waals surface area contributed by atoms with Crippen LogP contribution in [0, 0.1) is 0 Å². The summed E-state index contributed by atoms with van der Waals surface area (Å²) in [6, 6.07) is 17.7. The normalized spacial score (nSPS) is 11.8. The van der Waals surface area contributed by atoms with Crippen LogP contribution in [0.2, 0.25) is 0 Å². The summed E-state index contributed by atoms with van der Waals surface area (Å²) >= 11 is 1.74. The van der Waals surface area contributed by atoms with Gasteiger partial charge in [0.15, 0.2) is 0 Å². The van der Waals surface area contributed by atoms with Crippen molar-refractivity contribution in [3.63, 3.8) is 0 Å². The maximum Gasteiger partial charge on any atom is 0.315 e. The third-order valence-corrected chi connectivity index (χ3v) is 4.93. The zero-order valence-electron chi connectivity index (χ0n) is 13.9. The van der Waals surface area contributed by atoms with Crippen molar-refractivity contribution in [2.24, 2.45) is 0 Å². The lowest BCUT2D eigenvalue weighted by molar-refractivity contribution is 0.237. The molecular formula is C19H24N2O2S. The van der Waals surface area contributed by atoms with Crippen LogP contribution in [0.5, 0.6) is 0 Å². The van der Waals surface area contributed by atoms with Crippen molar-refractivity contribution in [1.82, 2.24) is 10.6 Å². The molecule has 0 aliphatic carbocycles. The van der Waals surface area contributed by atoms with Crippen LogP contribution in [-0.4, -0.2) is 22.9 Å². The summed E-state index contributed by atoms with van der Waals surface area (Å²) in [5, 5.41) is 15.2. The number of aliphatic hydroxyl groups is 1. The average molecular weight is 344 g/mol. The van der Waals surface area contributed by atoms with Crippen LogP contribution >= 0.6 is 11.8 Å². The van der Waals surface area contributed by atoms with Gasteiger partial charge in [0, 0.05) is 23.2 Å². The van der Waals surface area contributed by atoms with Gasteiger partial charge in [0.05, 0.1) is 6.61 Å². The molecule has 24 heavy (non-hydrogen) atoms. The molecule has 4 nitrogen and oxygen atoms in total. The molecule has 0 bridgehead atoms. The molecule has 0 saturated heterocycles. The minimum absolute atomic E-state index is 0.0230. The third kappa shape index (κ3) is 5.91. The van der Waals surface area contributed by atoms with Crippen LogP contribution in [0.1, 0.15) is 24.5 Å². The zero-order chi connectivity index (χ0) is 17.2. The first-order valence-electron chi connectivity index (χ1n) is 8.12. The number of benzene rings is 2. The molecule has 5 heteroatoms. The van der Waals surface area contributed by atoms with E-state index in [4.69, 9.17) is 0 Å². The van der Waals surface area contributed by atoms with Crippen LogP contribution in [0.15, 0.2) is 59.5 Å². The smallest absolute Gasteiger partial charge is 0.315 e. The molecule has 0 saturated carbocycles. The topological polar surface area (TPSA) is 61.4 Å². The molecule has 0 radical (unpaired) electrons. The quantitative estimate of drug-likeness (QED) is 0.642. The van der Waals surface area contributed by atoms with E-state index in [0.29, 0.717) is 6.54 Å². The van der Waals surface area contributed by atoms with Gasteiger partial charge in [-0.3, -0.25) is 0 Å². The largest absolute Gasteiger partial charge is 0.392 e. The first-order chi connectivity index (χ1) is 11.7. The highest BCUT2D eigenvalue weighted by Gasteiger charge is 2.11. The summed E-state index contributed by atoms with van der Waals surface area (Å²) < 4.78 is 0. The zero-order valence-corrected chi connectivity index (χ0v) is 14.7. The molecule has 0 heterocycles. The van der Waals surface area contributed by atoms with E-state index < -0.39 is 0 Å². The van der Waals surface area contributed by atoms with E-state index in [2.05, 4.69) is 29.7 Å². The molecule has 0 spiro atoms. The van der Waals surface area contributed by atoms with Gasteiger partial charge in [-0.2, -0.15) is 0 Å². The van der Waals surface area contributed by atoms with E-state index in [1.807, 2.05) is 42.5 Å². The Morgan fingerprint density at radius 1 is 1.08 bits per heavy atom. The van der Waals surface area contributed by atoms with Gasteiger partial charge in [-0.25, -0.2) is 4.79 Å². The van der Waals surface area contributed by atoms with Crippen molar-refractivity contribution in [2.45, 2.75) is 37.4 Å². The Bertz CT molecular complexity index is 634. The number of rotatable bonds is 8. The van der Waals surface area contributed by atoms with Gasteiger partial charge in [0.2, 0.25) is 0 Å². The van der Waals surface area contributed by atoms with Crippen molar-refractivity contribution in [1.29, 1.82) is 0 Å². The standard InChI is InChI=1S/C19H24N2O2S/c1-2-17(14-24-18-10-4-3-5-11-18)21-19(23)20-12-15-8-6-7-9-16(15)13-22/h3-11,17,22H,2,12-14H2,1H3,(H2,20,21,23). The lowest BCUT2D eigenvalue weighted by Gasteiger charge is -2.17. The molecule has 128 valence electrons. The predicted molar refractivity (Wildman–Crippen MR) is 99.0 cm³/mol. The summed E-state index contributed by atoms with van der Waals surface area (Å²) in [6.45, 7) is 2.45. The Morgan fingerprint density at radius 2 is 1.75 bits per heavy atom. The fourth-order valence-corrected chi connectivity index (χ4v) is 3.33. The summed E-state index contributed by atoms with van der Waals surface area (Å²) in [5.41, 5.74) is 1.77. The Balaban J connectivity index is 1.79. The Morgan fingerprint density at radius 3 is 2.42 bits per heavy atom. The molecule has 0 fully saturated rings. The number of thioether (sulfide) groups is 1. The van der Waals surface area contributed by atoms with Crippen LogP contribution in [0.4, 0.5) is 4.79 Å². The highest BCUT2D eigenvalue weighted by molar-refractivity contribution is 7.99. The summed E-state index contributed by atoms with van der Waals surface area (Å²) in [5.74, 6) is 0.834. The summed E-state index contributed by atoms with van der Waals surface area (Å²) in [4.78, 5) is 13.3. The van der Waals surface area contributed by atoms with Gasteiger partial charge in [-0.15, -0.1) is 11.8 Å². The average Bonchev–Trinajstić information content (AvgIpc) is 2.64. The second-order valence-electron chi connectivity index (χ2n) is 5.48. The number of carbonyl (C=O) groups excluding carboxylic acids is 1. The van der Waals surface area contributed by atoms with E-state index in [0.717, 1.165) is 23.3 Å². The van der Waals surface area contributed by atoms with Crippen molar-refractivity contribution in [3.8, 4) is 0 Å². The second-order valence-corrected chi connectivity index (χ2v) is 6.58. The molecule has 3 N–H and O–H groups in total. The van der Waals surface area contributed by atoms with E-state index in [1.54, 1.807) is 11.8 Å². The monoisotopic (exact) mass is 344 g/mol. The van der Waals surface area contributed by atoms with E-state index in [1.165, 1.54) is 4.90 Å². The first kappa shape index (κ1) is 18.4. The molecule has 2 rings (SSSR count). The lowest BCUT2D eigenvalue weighted by Crippen LogP contribution is -2.42. The molecule has 1 unspecified atom stereocenters. The van der Waals surface area contributed by atoms with Gasteiger partial charge in [0.25, 0.3) is 0 Å². The molecule has 2 amide bonds. The predicted octanol–water partition coefficient (Wildman–Crippen LogP) is 3.55. The minimum Gasteiger partial charge on any atom is -0.392 e. The van der Waals surface area contributed by atoms with Gasteiger partial charge in [-0.1, -0.05) is 49.4 Å². The van der Waals surface area contributed by atoms with E-state index in [9.17, 15) is 9.90 Å². The molecule has 0 aromatic heterocycles. The van der Waals surface area contributed by atoms with Crippen molar-refractivity contribution in [3.05, 3.63) is 65.7 Å². The molecule has 0 aliphatic rings. The second kappa shape index (κ2) is 10.0. The lowest BCUT2D eigenvalue weighted by atomic mass is 10.1. The van der Waals surface area contributed by atoms with Gasteiger partial charge in [-0.05, 0) is 29.7 Å². The van der Waals surface area contributed by atoms with Crippen molar-refractivity contribution < 1.29 is 9.90 Å². The van der Waals surface area contributed by atoms with Crippen LogP contribution in [0.3, 0.4) is 0 Å². The number of hydrogen-bond acceptors (Lipinski definition) is 3. The Kier molecular flexibility index (Phi) is 7.65. The van der Waals surface area contributed by atoms with Crippen LogP contribution in [0.25, 0.3) is 0 Å². The third-order valence-electron chi connectivity index (χ3n) is 3.75. The summed E-state index contributed by atoms with van der Waals surface area (Å²) in [7, 11) is 0. The molecule has 0 aliphatic heterocycles. The van der Waals surface area contributed by atoms with Crippen LogP contribution in [-0.2, 0) is 13.2 Å². The van der Waals surface area contributed by atoms with Gasteiger partial charge < -0.3 is 15.7 Å². The van der Waals surface area contributed by atoms with Gasteiger partial charge in [0.1, 0.15) is 0 Å². The maximum atomic E-state index is 12.1. The van der Waals surface area contributed by atoms with Gasteiger partial charge >= 0.3 is 6.03 Å². The fraction of sp³-hybridized carbons (Fsp3) is 0.316. The fourth-order valence-electron chi connectivity index (χ4n) is 2.27. The highest BCUT2D eigenvalue weighted by Crippen LogP contribution is 2.18. The van der Waals surface area contributed by atoms with Crippen LogP contribution < -0.4 is 10.6 Å². The number of hydrogen-bond donors (Lipinski definition) is 3. The number of carbonyl (C=O) groups is 1. The van der Waals surface area contributed by atoms with E-state index in [-0.39, 0.29) is 18.7 Å². The number of amides is 2. The molecule has 2 aromatic rings. The van der Waals surface area contributed by atoms with Crippen molar-refractivity contribution >= 4 is 17.8 Å². The Labute approximate surface area is 147 Å². The number of aliphatic hydroxyl groups excluding tert-OH is 1. The highest BCUT2D eigenvalue weighted by atomic mass is 32.2. The Hall–Kier alpha value is -1.98. The first-order valence-corrected chi connectivity index (χ1v) is 9.11. The molecule has 2 aromatic carbocycles. The van der Waals surface area contributed by atoms with E-state index >= 15 is 0 Å². The minimum atomic E-state index is -0.178. The maximum absolute atomic E-state index is 12.1. The molecule has 1 atom stereocenters. The SMILES string of the molecule is CCC(CSc1ccccc1)NC(=O)NCc1ccccc1CO.